The van der Waals surface area contributed by atoms with Crippen molar-refractivity contribution in [3.63, 3.8) is 0 Å². The summed E-state index contributed by atoms with van der Waals surface area (Å²) in [6, 6.07) is 12.9. The van der Waals surface area contributed by atoms with Gasteiger partial charge in [0.25, 0.3) is 0 Å². The minimum atomic E-state index is -3.66. The van der Waals surface area contributed by atoms with Crippen molar-refractivity contribution in [3.05, 3.63) is 54.2 Å². The highest BCUT2D eigenvalue weighted by Crippen LogP contribution is 2.33. The Morgan fingerprint density at radius 3 is 2.65 bits per heavy atom. The first-order chi connectivity index (χ1) is 16.5. The van der Waals surface area contributed by atoms with Crippen LogP contribution in [0.3, 0.4) is 0 Å². The van der Waals surface area contributed by atoms with Gasteiger partial charge in [-0.3, -0.25) is 4.79 Å². The van der Waals surface area contributed by atoms with Crippen LogP contribution in [0.25, 0.3) is 10.9 Å². The van der Waals surface area contributed by atoms with Crippen LogP contribution < -0.4 is 14.8 Å². The van der Waals surface area contributed by atoms with Crippen molar-refractivity contribution >= 4 is 26.8 Å². The molecular formula is C25H29N3O5S. The maximum atomic E-state index is 13.2. The number of aromatic amines is 1. The first kappa shape index (κ1) is 22.7. The van der Waals surface area contributed by atoms with E-state index in [1.807, 2.05) is 24.4 Å². The summed E-state index contributed by atoms with van der Waals surface area (Å²) >= 11 is 0. The molecule has 0 spiro atoms. The number of para-hydroxylation sites is 1. The highest BCUT2D eigenvalue weighted by Gasteiger charge is 2.32. The van der Waals surface area contributed by atoms with E-state index in [0.29, 0.717) is 57.2 Å². The average molecular weight is 484 g/mol. The predicted molar refractivity (Wildman–Crippen MR) is 129 cm³/mol. The summed E-state index contributed by atoms with van der Waals surface area (Å²) in [5.74, 6) is 0.841. The number of carbonyl (C=O) groups is 1. The number of benzene rings is 2. The molecule has 0 aliphatic carbocycles. The number of aromatic nitrogens is 1. The lowest BCUT2D eigenvalue weighted by atomic mass is 9.97. The van der Waals surface area contributed by atoms with Gasteiger partial charge in [0.05, 0.1) is 18.1 Å². The Morgan fingerprint density at radius 1 is 1.06 bits per heavy atom. The molecule has 0 atom stereocenters. The van der Waals surface area contributed by atoms with E-state index >= 15 is 0 Å². The van der Waals surface area contributed by atoms with E-state index < -0.39 is 10.0 Å². The number of ether oxygens (including phenoxy) is 2. The van der Waals surface area contributed by atoms with Crippen LogP contribution in [0.1, 0.15) is 24.8 Å². The number of nitrogens with zero attached hydrogens (tertiary/aromatic N) is 1. The molecule has 2 N–H and O–H groups in total. The number of H-pyrrole nitrogens is 1. The van der Waals surface area contributed by atoms with E-state index in [4.69, 9.17) is 9.47 Å². The monoisotopic (exact) mass is 483 g/mol. The lowest BCUT2D eigenvalue weighted by Gasteiger charge is -2.30. The summed E-state index contributed by atoms with van der Waals surface area (Å²) in [7, 11) is -3.66. The third kappa shape index (κ3) is 4.63. The molecule has 2 aliphatic rings. The molecule has 2 aromatic carbocycles. The molecule has 34 heavy (non-hydrogen) atoms. The molecule has 180 valence electrons. The van der Waals surface area contributed by atoms with Gasteiger partial charge < -0.3 is 19.8 Å². The Labute approximate surface area is 199 Å². The smallest absolute Gasteiger partial charge is 0.243 e. The molecule has 9 heteroatoms. The second-order valence-corrected chi connectivity index (χ2v) is 10.7. The Morgan fingerprint density at radius 2 is 1.82 bits per heavy atom. The molecule has 0 bridgehead atoms. The Hall–Kier alpha value is -3.04. The molecule has 0 unspecified atom stereocenters. The van der Waals surface area contributed by atoms with Gasteiger partial charge in [-0.2, -0.15) is 4.31 Å². The summed E-state index contributed by atoms with van der Waals surface area (Å²) in [6.45, 7) is 2.23. The molecule has 1 saturated heterocycles. The predicted octanol–water partition coefficient (Wildman–Crippen LogP) is 3.09. The normalized spacial score (nSPS) is 17.4. The van der Waals surface area contributed by atoms with Crippen molar-refractivity contribution in [3.8, 4) is 11.5 Å². The maximum Gasteiger partial charge on any atom is 0.243 e. The number of carbonyl (C=O) groups excluding carboxylic acids is 1. The van der Waals surface area contributed by atoms with E-state index in [9.17, 15) is 13.2 Å². The number of piperidine rings is 1. The molecule has 3 heterocycles. The van der Waals surface area contributed by atoms with Crippen LogP contribution in [-0.2, 0) is 21.2 Å². The highest BCUT2D eigenvalue weighted by atomic mass is 32.2. The number of rotatable bonds is 6. The second-order valence-electron chi connectivity index (χ2n) is 8.74. The van der Waals surface area contributed by atoms with Crippen LogP contribution in [0, 0.1) is 5.92 Å². The zero-order valence-corrected chi connectivity index (χ0v) is 19.8. The maximum absolute atomic E-state index is 13.2. The van der Waals surface area contributed by atoms with Gasteiger partial charge in [-0.05, 0) is 43.0 Å². The molecule has 3 aromatic rings. The standard InChI is InChI=1S/C25H29N3O5S/c29-25(26-11-8-19-17-27-22-5-2-1-4-21(19)22)18-9-12-28(13-10-18)34(30,31)20-6-7-23-24(16-20)33-15-3-14-32-23/h1-2,4-7,16-18,27H,3,8-15H2,(H,26,29). The van der Waals surface area contributed by atoms with Crippen LogP contribution >= 0.6 is 0 Å². The highest BCUT2D eigenvalue weighted by molar-refractivity contribution is 7.89. The van der Waals surface area contributed by atoms with Crippen LogP contribution in [-0.4, -0.2) is 56.5 Å². The van der Waals surface area contributed by atoms with Crippen molar-refractivity contribution in [1.29, 1.82) is 0 Å². The number of hydrogen-bond acceptors (Lipinski definition) is 5. The van der Waals surface area contributed by atoms with Crippen LogP contribution in [0.4, 0.5) is 0 Å². The van der Waals surface area contributed by atoms with Crippen molar-refractivity contribution in [2.75, 3.05) is 32.8 Å². The molecule has 5 rings (SSSR count). The molecule has 1 amide bonds. The van der Waals surface area contributed by atoms with Crippen molar-refractivity contribution in [2.45, 2.75) is 30.6 Å². The third-order valence-corrected chi connectivity index (χ3v) is 8.44. The van der Waals surface area contributed by atoms with E-state index in [1.165, 1.54) is 15.3 Å². The van der Waals surface area contributed by atoms with Crippen molar-refractivity contribution < 1.29 is 22.7 Å². The van der Waals surface area contributed by atoms with Gasteiger partial charge in [-0.25, -0.2) is 8.42 Å². The molecule has 1 aromatic heterocycles. The van der Waals surface area contributed by atoms with Gasteiger partial charge in [0.15, 0.2) is 11.5 Å². The molecule has 1 fully saturated rings. The summed E-state index contributed by atoms with van der Waals surface area (Å²) in [5.41, 5.74) is 2.26. The van der Waals surface area contributed by atoms with E-state index in [-0.39, 0.29) is 16.7 Å². The number of sulfonamides is 1. The SMILES string of the molecule is O=C(NCCc1c[nH]c2ccccc12)C1CCN(S(=O)(=O)c2ccc3c(c2)OCCCO3)CC1. The molecule has 0 radical (unpaired) electrons. The molecule has 8 nitrogen and oxygen atoms in total. The van der Waals surface area contributed by atoms with Crippen LogP contribution in [0.5, 0.6) is 11.5 Å². The largest absolute Gasteiger partial charge is 0.490 e. The van der Waals surface area contributed by atoms with Crippen LogP contribution in [0.15, 0.2) is 53.6 Å². The minimum Gasteiger partial charge on any atom is -0.490 e. The van der Waals surface area contributed by atoms with Gasteiger partial charge in [0.1, 0.15) is 0 Å². The Bertz CT molecular complexity index is 1280. The second kappa shape index (κ2) is 9.68. The minimum absolute atomic E-state index is 0.00697. The van der Waals surface area contributed by atoms with Gasteiger partial charge >= 0.3 is 0 Å². The van der Waals surface area contributed by atoms with E-state index in [1.54, 1.807) is 18.2 Å². The fourth-order valence-corrected chi connectivity index (χ4v) is 6.10. The fourth-order valence-electron chi connectivity index (χ4n) is 4.61. The number of amides is 1. The average Bonchev–Trinajstić information content (AvgIpc) is 3.12. The lowest BCUT2D eigenvalue weighted by molar-refractivity contribution is -0.126. The molecule has 0 saturated carbocycles. The zero-order valence-electron chi connectivity index (χ0n) is 19.0. The number of hydrogen-bond donors (Lipinski definition) is 2. The van der Waals surface area contributed by atoms with Gasteiger partial charge in [-0.15, -0.1) is 0 Å². The van der Waals surface area contributed by atoms with Gasteiger partial charge in [0, 0.05) is 55.1 Å². The first-order valence-electron chi connectivity index (χ1n) is 11.7. The quantitative estimate of drug-likeness (QED) is 0.561. The lowest BCUT2D eigenvalue weighted by Crippen LogP contribution is -2.43. The number of nitrogens with one attached hydrogen (secondary N) is 2. The van der Waals surface area contributed by atoms with Gasteiger partial charge in [-0.1, -0.05) is 18.2 Å². The van der Waals surface area contributed by atoms with E-state index in [0.717, 1.165) is 18.4 Å². The van der Waals surface area contributed by atoms with Gasteiger partial charge in [0.2, 0.25) is 15.9 Å². The molecule has 2 aliphatic heterocycles. The first-order valence-corrected chi connectivity index (χ1v) is 13.2. The third-order valence-electron chi connectivity index (χ3n) is 6.55. The Balaban J connectivity index is 1.15. The summed E-state index contributed by atoms with van der Waals surface area (Å²) in [5, 5.41) is 4.20. The molecular weight excluding hydrogens is 454 g/mol. The van der Waals surface area contributed by atoms with Crippen molar-refractivity contribution in [1.82, 2.24) is 14.6 Å². The summed E-state index contributed by atoms with van der Waals surface area (Å²) in [4.78, 5) is 16.1. The summed E-state index contributed by atoms with van der Waals surface area (Å²) in [6.07, 6.45) is 4.49. The van der Waals surface area contributed by atoms with Crippen LogP contribution in [0.2, 0.25) is 0 Å². The van der Waals surface area contributed by atoms with E-state index in [2.05, 4.69) is 16.4 Å². The Kier molecular flexibility index (Phi) is 6.47. The fraction of sp³-hybridized carbons (Fsp3) is 0.400. The topological polar surface area (TPSA) is 101 Å². The summed E-state index contributed by atoms with van der Waals surface area (Å²) < 4.78 is 39.0. The number of fused-ring (bicyclic) bond motifs is 2. The van der Waals surface area contributed by atoms with Crippen molar-refractivity contribution in [2.24, 2.45) is 5.92 Å². The zero-order chi connectivity index (χ0) is 23.5.